The molecule has 0 saturated carbocycles. The van der Waals surface area contributed by atoms with Crippen molar-refractivity contribution >= 4 is 5.97 Å². The average Bonchev–Trinajstić information content (AvgIpc) is 2.89. The Labute approximate surface area is 121 Å². The Bertz CT molecular complexity index is 651. The molecule has 0 spiro atoms. The van der Waals surface area contributed by atoms with Crippen LogP contribution in [-0.2, 0) is 13.2 Å². The van der Waals surface area contributed by atoms with Crippen molar-refractivity contribution in [3.8, 4) is 11.5 Å². The highest BCUT2D eigenvalue weighted by Crippen LogP contribution is 2.26. The molecule has 110 valence electrons. The molecule has 0 saturated heterocycles. The molecule has 0 fully saturated rings. The molecule has 2 aromatic rings. The predicted octanol–water partition coefficient (Wildman–Crippen LogP) is 1.75. The van der Waals surface area contributed by atoms with Gasteiger partial charge in [0.25, 0.3) is 0 Å². The van der Waals surface area contributed by atoms with Gasteiger partial charge < -0.3 is 14.6 Å². The largest absolute Gasteiger partial charge is 0.493 e. The van der Waals surface area contributed by atoms with Gasteiger partial charge in [-0.3, -0.25) is 0 Å². The summed E-state index contributed by atoms with van der Waals surface area (Å²) in [4.78, 5) is 11.2. The Hall–Kier alpha value is -2.83. The third-order valence-electron chi connectivity index (χ3n) is 2.78. The van der Waals surface area contributed by atoms with Crippen LogP contribution in [0.3, 0.4) is 0 Å². The van der Waals surface area contributed by atoms with E-state index in [9.17, 15) is 4.79 Å². The van der Waals surface area contributed by atoms with Gasteiger partial charge >= 0.3 is 5.97 Å². The molecule has 1 N–H and O–H groups in total. The van der Waals surface area contributed by atoms with Crippen LogP contribution < -0.4 is 9.47 Å². The Morgan fingerprint density at radius 2 is 2.14 bits per heavy atom. The SMILES string of the molecule is C=CCn1nnc(C(=O)O)c1COc1ccccc1OC. The van der Waals surface area contributed by atoms with Gasteiger partial charge in [-0.2, -0.15) is 0 Å². The van der Waals surface area contributed by atoms with E-state index in [-0.39, 0.29) is 12.3 Å². The lowest BCUT2D eigenvalue weighted by Gasteiger charge is -2.11. The second-order valence-corrected chi connectivity index (χ2v) is 4.10. The number of allylic oxidation sites excluding steroid dienone is 1. The van der Waals surface area contributed by atoms with Crippen LogP contribution in [-0.4, -0.2) is 33.2 Å². The number of carbonyl (C=O) groups is 1. The molecular weight excluding hydrogens is 274 g/mol. The van der Waals surface area contributed by atoms with E-state index in [1.807, 2.05) is 6.07 Å². The highest BCUT2D eigenvalue weighted by atomic mass is 16.5. The zero-order chi connectivity index (χ0) is 15.2. The van der Waals surface area contributed by atoms with Crippen molar-refractivity contribution in [3.05, 3.63) is 48.3 Å². The quantitative estimate of drug-likeness (QED) is 0.781. The van der Waals surface area contributed by atoms with Crippen LogP contribution in [0.2, 0.25) is 0 Å². The summed E-state index contributed by atoms with van der Waals surface area (Å²) < 4.78 is 12.2. The smallest absolute Gasteiger partial charge is 0.358 e. The standard InChI is InChI=1S/C14H15N3O4/c1-3-8-17-10(13(14(18)19)15-16-17)9-21-12-7-5-4-6-11(12)20-2/h3-7H,1,8-9H2,2H3,(H,18,19). The maximum atomic E-state index is 11.2. The summed E-state index contributed by atoms with van der Waals surface area (Å²) in [5, 5.41) is 16.6. The van der Waals surface area contributed by atoms with Crippen molar-refractivity contribution in [1.29, 1.82) is 0 Å². The molecule has 0 amide bonds. The van der Waals surface area contributed by atoms with Gasteiger partial charge in [0.05, 0.1) is 13.7 Å². The van der Waals surface area contributed by atoms with Gasteiger partial charge in [0.1, 0.15) is 12.3 Å². The van der Waals surface area contributed by atoms with Crippen LogP contribution in [0.15, 0.2) is 36.9 Å². The first kappa shape index (κ1) is 14.6. The second-order valence-electron chi connectivity index (χ2n) is 4.10. The Morgan fingerprint density at radius 3 is 2.76 bits per heavy atom. The van der Waals surface area contributed by atoms with E-state index in [4.69, 9.17) is 14.6 Å². The van der Waals surface area contributed by atoms with Crippen LogP contribution >= 0.6 is 0 Å². The normalized spacial score (nSPS) is 10.1. The van der Waals surface area contributed by atoms with E-state index >= 15 is 0 Å². The minimum Gasteiger partial charge on any atom is -0.493 e. The summed E-state index contributed by atoms with van der Waals surface area (Å²) >= 11 is 0. The summed E-state index contributed by atoms with van der Waals surface area (Å²) in [5.74, 6) is -0.0660. The lowest BCUT2D eigenvalue weighted by atomic mass is 10.3. The molecule has 7 nitrogen and oxygen atoms in total. The first-order valence-corrected chi connectivity index (χ1v) is 6.19. The van der Waals surface area contributed by atoms with Gasteiger partial charge in [0.2, 0.25) is 0 Å². The van der Waals surface area contributed by atoms with E-state index < -0.39 is 5.97 Å². The summed E-state index contributed by atoms with van der Waals surface area (Å²) in [6.07, 6.45) is 1.60. The number of benzene rings is 1. The number of rotatable bonds is 7. The van der Waals surface area contributed by atoms with E-state index in [0.29, 0.717) is 23.7 Å². The summed E-state index contributed by atoms with van der Waals surface area (Å²) in [6, 6.07) is 7.11. The fourth-order valence-corrected chi connectivity index (χ4v) is 1.79. The van der Waals surface area contributed by atoms with Crippen molar-refractivity contribution in [2.75, 3.05) is 7.11 Å². The molecule has 2 rings (SSSR count). The van der Waals surface area contributed by atoms with E-state index in [1.165, 1.54) is 11.8 Å². The molecule has 0 unspecified atom stereocenters. The number of aromatic nitrogens is 3. The molecule has 0 aliphatic carbocycles. The third kappa shape index (κ3) is 3.19. The Morgan fingerprint density at radius 1 is 1.43 bits per heavy atom. The molecule has 0 atom stereocenters. The summed E-state index contributed by atoms with van der Waals surface area (Å²) in [7, 11) is 1.54. The topological polar surface area (TPSA) is 86.5 Å². The number of carboxylic acids is 1. The minimum atomic E-state index is -1.15. The van der Waals surface area contributed by atoms with Gasteiger partial charge in [0, 0.05) is 0 Å². The molecule has 1 aromatic heterocycles. The van der Waals surface area contributed by atoms with Crippen molar-refractivity contribution < 1.29 is 19.4 Å². The average molecular weight is 289 g/mol. The van der Waals surface area contributed by atoms with E-state index in [2.05, 4.69) is 16.9 Å². The predicted molar refractivity (Wildman–Crippen MR) is 74.5 cm³/mol. The Balaban J connectivity index is 2.24. The van der Waals surface area contributed by atoms with Crippen LogP contribution in [0, 0.1) is 0 Å². The number of methoxy groups -OCH3 is 1. The molecule has 21 heavy (non-hydrogen) atoms. The second kappa shape index (κ2) is 6.56. The molecule has 0 aliphatic heterocycles. The number of aromatic carboxylic acids is 1. The van der Waals surface area contributed by atoms with Gasteiger partial charge in [-0.15, -0.1) is 11.7 Å². The summed E-state index contributed by atoms with van der Waals surface area (Å²) in [5.41, 5.74) is 0.236. The number of hydrogen-bond acceptors (Lipinski definition) is 5. The first-order valence-electron chi connectivity index (χ1n) is 6.19. The van der Waals surface area contributed by atoms with Gasteiger partial charge in [0.15, 0.2) is 17.2 Å². The van der Waals surface area contributed by atoms with Crippen LogP contribution in [0.4, 0.5) is 0 Å². The van der Waals surface area contributed by atoms with E-state index in [0.717, 1.165) is 0 Å². The molecule has 0 radical (unpaired) electrons. The number of carboxylic acid groups (broad SMARTS) is 1. The molecule has 0 bridgehead atoms. The fourth-order valence-electron chi connectivity index (χ4n) is 1.79. The van der Waals surface area contributed by atoms with Crippen LogP contribution in [0.25, 0.3) is 0 Å². The molecule has 0 aliphatic rings. The number of ether oxygens (including phenoxy) is 2. The molecule has 1 heterocycles. The maximum absolute atomic E-state index is 11.2. The first-order chi connectivity index (χ1) is 10.2. The Kier molecular flexibility index (Phi) is 4.55. The summed E-state index contributed by atoms with van der Waals surface area (Å²) in [6.45, 7) is 3.97. The lowest BCUT2D eigenvalue weighted by molar-refractivity contribution is 0.0687. The van der Waals surface area contributed by atoms with Crippen molar-refractivity contribution in [3.63, 3.8) is 0 Å². The highest BCUT2D eigenvalue weighted by molar-refractivity contribution is 5.86. The maximum Gasteiger partial charge on any atom is 0.358 e. The van der Waals surface area contributed by atoms with Crippen LogP contribution in [0.5, 0.6) is 11.5 Å². The fraction of sp³-hybridized carbons (Fsp3) is 0.214. The minimum absolute atomic E-state index is 0.0167. The van der Waals surface area contributed by atoms with E-state index in [1.54, 1.807) is 24.3 Å². The van der Waals surface area contributed by atoms with Crippen LogP contribution in [0.1, 0.15) is 16.2 Å². The molecule has 1 aromatic carbocycles. The van der Waals surface area contributed by atoms with Gasteiger partial charge in [-0.25, -0.2) is 9.48 Å². The van der Waals surface area contributed by atoms with Crippen molar-refractivity contribution in [1.82, 2.24) is 15.0 Å². The monoisotopic (exact) mass is 289 g/mol. The lowest BCUT2D eigenvalue weighted by Crippen LogP contribution is -2.11. The third-order valence-corrected chi connectivity index (χ3v) is 2.78. The zero-order valence-electron chi connectivity index (χ0n) is 11.5. The zero-order valence-corrected chi connectivity index (χ0v) is 11.5. The number of nitrogens with zero attached hydrogens (tertiary/aromatic N) is 3. The highest BCUT2D eigenvalue weighted by Gasteiger charge is 2.19. The molecule has 7 heteroatoms. The van der Waals surface area contributed by atoms with Gasteiger partial charge in [-0.05, 0) is 12.1 Å². The van der Waals surface area contributed by atoms with Crippen molar-refractivity contribution in [2.24, 2.45) is 0 Å². The molecular formula is C14H15N3O4. The van der Waals surface area contributed by atoms with Gasteiger partial charge in [-0.1, -0.05) is 23.4 Å². The van der Waals surface area contributed by atoms with Crippen molar-refractivity contribution in [2.45, 2.75) is 13.2 Å². The number of hydrogen-bond donors (Lipinski definition) is 1. The number of para-hydroxylation sites is 2.